The van der Waals surface area contributed by atoms with Crippen LogP contribution in [0.25, 0.3) is 10.9 Å². The van der Waals surface area contributed by atoms with Gasteiger partial charge in [-0.05, 0) is 68.0 Å². The number of pyridine rings is 1. The average molecular weight is 360 g/mol. The molecule has 4 heterocycles. The highest BCUT2D eigenvalue weighted by molar-refractivity contribution is 5.89. The molecule has 2 aromatic heterocycles. The van der Waals surface area contributed by atoms with Gasteiger partial charge in [-0.25, -0.2) is 0 Å². The van der Waals surface area contributed by atoms with E-state index in [1.54, 1.807) is 11.3 Å². The van der Waals surface area contributed by atoms with Crippen molar-refractivity contribution in [2.45, 2.75) is 58.5 Å². The van der Waals surface area contributed by atoms with Crippen LogP contribution in [0.3, 0.4) is 0 Å². The van der Waals surface area contributed by atoms with Crippen molar-refractivity contribution in [1.29, 1.82) is 0 Å². The van der Waals surface area contributed by atoms with Crippen molar-refractivity contribution in [2.24, 2.45) is 0 Å². The number of aryl methyl sites for hydroxylation is 3. The van der Waals surface area contributed by atoms with Crippen molar-refractivity contribution >= 4 is 10.9 Å². The lowest BCUT2D eigenvalue weighted by Gasteiger charge is -2.30. The molecule has 0 radical (unpaired) electrons. The van der Waals surface area contributed by atoms with Crippen molar-refractivity contribution in [3.63, 3.8) is 0 Å². The minimum Gasteiger partial charge on any atom is -0.344 e. The lowest BCUT2D eigenvalue weighted by molar-refractivity contribution is 0.307. The molecule has 3 heteroatoms. The average Bonchev–Trinajstić information content (AvgIpc) is 2.84. The molecule has 1 aromatic carbocycles. The molecule has 5 rings (SSSR count). The molecule has 3 nitrogen and oxygen atoms in total. The smallest absolute Gasteiger partial charge is 0.0518 e. The summed E-state index contributed by atoms with van der Waals surface area (Å²) in [4.78, 5) is 7.06. The third kappa shape index (κ3) is 2.63. The maximum atomic E-state index is 4.60. The number of hydrogen-bond donors (Lipinski definition) is 0. The first-order valence-corrected chi connectivity index (χ1v) is 10.2. The standard InChI is InChI=1S/C24H29N3/c1-16-11-18-13-24(3,19-6-5-17(2)25-14-19)8-10-27-22-7-9-26(4)15-21(22)20(12-16)23(18)27/h5-6,11-12,14H,7-10,13,15H2,1-4H3. The molecule has 140 valence electrons. The molecule has 0 amide bonds. The van der Waals surface area contributed by atoms with Crippen LogP contribution in [-0.4, -0.2) is 28.0 Å². The number of aromatic nitrogens is 2. The SMILES string of the molecule is Cc1cc2c3c(c1)c1c(n3CCC(C)(c3ccc(C)nc3)C2)CCN(C)C1. The van der Waals surface area contributed by atoms with Crippen molar-refractivity contribution in [3.05, 3.63) is 64.1 Å². The summed E-state index contributed by atoms with van der Waals surface area (Å²) in [5.74, 6) is 0. The van der Waals surface area contributed by atoms with Crippen LogP contribution in [0.4, 0.5) is 0 Å². The maximum Gasteiger partial charge on any atom is 0.0518 e. The Hall–Kier alpha value is -2.13. The summed E-state index contributed by atoms with van der Waals surface area (Å²) < 4.78 is 2.67. The molecule has 0 spiro atoms. The Kier molecular flexibility index (Phi) is 3.74. The van der Waals surface area contributed by atoms with Gasteiger partial charge in [0.15, 0.2) is 0 Å². The number of hydrogen-bond acceptors (Lipinski definition) is 2. The maximum absolute atomic E-state index is 4.60. The first-order valence-electron chi connectivity index (χ1n) is 10.2. The molecule has 3 aromatic rings. The number of likely N-dealkylation sites (N-methyl/N-ethyl adjacent to an activating group) is 1. The summed E-state index contributed by atoms with van der Waals surface area (Å²) in [6.07, 6.45) is 5.53. The van der Waals surface area contributed by atoms with Gasteiger partial charge < -0.3 is 9.47 Å². The van der Waals surface area contributed by atoms with E-state index in [-0.39, 0.29) is 5.41 Å². The van der Waals surface area contributed by atoms with E-state index in [0.717, 1.165) is 38.2 Å². The van der Waals surface area contributed by atoms with Crippen LogP contribution in [0.15, 0.2) is 30.5 Å². The van der Waals surface area contributed by atoms with E-state index in [9.17, 15) is 0 Å². The highest BCUT2D eigenvalue weighted by atomic mass is 15.1. The van der Waals surface area contributed by atoms with Crippen LogP contribution < -0.4 is 0 Å². The number of benzene rings is 1. The Bertz CT molecular complexity index is 1030. The third-order valence-corrected chi connectivity index (χ3v) is 6.84. The normalized spacial score (nSPS) is 22.7. The minimum atomic E-state index is 0.138. The summed E-state index contributed by atoms with van der Waals surface area (Å²) in [5.41, 5.74) is 10.2. The predicted molar refractivity (Wildman–Crippen MR) is 111 cm³/mol. The summed E-state index contributed by atoms with van der Waals surface area (Å²) in [6.45, 7) is 10.1. The van der Waals surface area contributed by atoms with E-state index < -0.39 is 0 Å². The second-order valence-electron chi connectivity index (χ2n) is 9.06. The van der Waals surface area contributed by atoms with Gasteiger partial charge in [-0.2, -0.15) is 0 Å². The van der Waals surface area contributed by atoms with Crippen LogP contribution in [0.2, 0.25) is 0 Å². The van der Waals surface area contributed by atoms with Crippen molar-refractivity contribution < 1.29 is 0 Å². The van der Waals surface area contributed by atoms with E-state index >= 15 is 0 Å². The second kappa shape index (κ2) is 5.93. The fourth-order valence-electron chi connectivity index (χ4n) is 5.28. The zero-order valence-electron chi connectivity index (χ0n) is 17.0. The number of rotatable bonds is 1. The fraction of sp³-hybridized carbons (Fsp3) is 0.458. The first kappa shape index (κ1) is 17.0. The molecule has 1 unspecified atom stereocenters. The molecule has 0 saturated heterocycles. The zero-order valence-corrected chi connectivity index (χ0v) is 17.0. The Balaban J connectivity index is 1.69. The van der Waals surface area contributed by atoms with Crippen molar-refractivity contribution in [1.82, 2.24) is 14.5 Å². The molecule has 0 saturated carbocycles. The summed E-state index contributed by atoms with van der Waals surface area (Å²) in [7, 11) is 2.25. The van der Waals surface area contributed by atoms with Crippen molar-refractivity contribution in [2.75, 3.05) is 13.6 Å². The largest absolute Gasteiger partial charge is 0.344 e. The lowest BCUT2D eigenvalue weighted by Crippen LogP contribution is -2.28. The van der Waals surface area contributed by atoms with Crippen molar-refractivity contribution in [3.8, 4) is 0 Å². The van der Waals surface area contributed by atoms with Crippen LogP contribution in [0, 0.1) is 13.8 Å². The van der Waals surface area contributed by atoms with Crippen LogP contribution in [0.5, 0.6) is 0 Å². The quantitative estimate of drug-likeness (QED) is 0.636. The van der Waals surface area contributed by atoms with Gasteiger partial charge in [0.1, 0.15) is 0 Å². The molecule has 0 bridgehead atoms. The Morgan fingerprint density at radius 1 is 1.11 bits per heavy atom. The van der Waals surface area contributed by atoms with Gasteiger partial charge in [0.25, 0.3) is 0 Å². The van der Waals surface area contributed by atoms with Crippen LogP contribution in [-0.2, 0) is 31.3 Å². The molecule has 2 aliphatic rings. The summed E-state index contributed by atoms with van der Waals surface area (Å²) in [5, 5.41) is 1.50. The topological polar surface area (TPSA) is 21.1 Å². The van der Waals surface area contributed by atoms with Gasteiger partial charge in [-0.15, -0.1) is 0 Å². The molecule has 1 atom stereocenters. The fourth-order valence-corrected chi connectivity index (χ4v) is 5.28. The van der Waals surface area contributed by atoms with E-state index in [4.69, 9.17) is 0 Å². The van der Waals surface area contributed by atoms with Gasteiger partial charge in [0.2, 0.25) is 0 Å². The lowest BCUT2D eigenvalue weighted by atomic mass is 9.75. The van der Waals surface area contributed by atoms with Crippen LogP contribution in [0.1, 0.15) is 47.0 Å². The molecule has 2 aliphatic heterocycles. The second-order valence-corrected chi connectivity index (χ2v) is 9.06. The molecular weight excluding hydrogens is 330 g/mol. The van der Waals surface area contributed by atoms with Gasteiger partial charge in [0, 0.05) is 49.0 Å². The third-order valence-electron chi connectivity index (χ3n) is 6.84. The molecule has 0 aliphatic carbocycles. The molecule has 0 N–H and O–H groups in total. The monoisotopic (exact) mass is 359 g/mol. The number of fused-ring (bicyclic) bond motifs is 3. The van der Waals surface area contributed by atoms with Gasteiger partial charge in [0.05, 0.1) is 5.52 Å². The summed E-state index contributed by atoms with van der Waals surface area (Å²) >= 11 is 0. The molecule has 0 fully saturated rings. The predicted octanol–water partition coefficient (Wildman–Crippen LogP) is 4.55. The highest BCUT2D eigenvalue weighted by Gasteiger charge is 2.34. The Morgan fingerprint density at radius 2 is 1.96 bits per heavy atom. The molecule has 27 heavy (non-hydrogen) atoms. The van der Waals surface area contributed by atoms with Gasteiger partial charge in [-0.1, -0.05) is 24.6 Å². The minimum absolute atomic E-state index is 0.138. The van der Waals surface area contributed by atoms with E-state index in [2.05, 4.69) is 72.7 Å². The van der Waals surface area contributed by atoms with E-state index in [1.165, 1.54) is 34.0 Å². The van der Waals surface area contributed by atoms with Crippen LogP contribution >= 0.6 is 0 Å². The van der Waals surface area contributed by atoms with Gasteiger partial charge >= 0.3 is 0 Å². The van der Waals surface area contributed by atoms with E-state index in [1.807, 2.05) is 0 Å². The van der Waals surface area contributed by atoms with E-state index in [0.29, 0.717) is 0 Å². The zero-order chi connectivity index (χ0) is 18.8. The number of nitrogens with zero attached hydrogens (tertiary/aromatic N) is 3. The Morgan fingerprint density at radius 3 is 2.74 bits per heavy atom. The van der Waals surface area contributed by atoms with Gasteiger partial charge in [-0.3, -0.25) is 4.98 Å². The highest BCUT2D eigenvalue weighted by Crippen LogP contribution is 2.41. The Labute approximate surface area is 162 Å². The molecular formula is C24H29N3. The summed E-state index contributed by atoms with van der Waals surface area (Å²) in [6, 6.07) is 9.30. The first-order chi connectivity index (χ1) is 12.9.